The predicted molar refractivity (Wildman–Crippen MR) is 100 cm³/mol. The summed E-state index contributed by atoms with van der Waals surface area (Å²) in [5.41, 5.74) is 4.91. The second kappa shape index (κ2) is 7.08. The van der Waals surface area contributed by atoms with Crippen LogP contribution in [0.5, 0.6) is 0 Å². The molecule has 25 heavy (non-hydrogen) atoms. The zero-order valence-corrected chi connectivity index (χ0v) is 16.4. The summed E-state index contributed by atoms with van der Waals surface area (Å²) >= 11 is 0. The molecule has 0 spiro atoms. The van der Waals surface area contributed by atoms with Gasteiger partial charge in [0.2, 0.25) is 5.91 Å². The van der Waals surface area contributed by atoms with Crippen molar-refractivity contribution in [3.8, 4) is 0 Å². The van der Waals surface area contributed by atoms with Crippen molar-refractivity contribution in [1.29, 1.82) is 0 Å². The standard InChI is InChI=1S/C21H32N2O2/c1-15-12-16(2)19(17(3)13-15)14-20(24)23(18-6-7-18)21(4)8-10-22(25-5)11-9-21/h12-13,18H,6-11,14H2,1-5H3. The minimum absolute atomic E-state index is 0.0419. The van der Waals surface area contributed by atoms with E-state index in [4.69, 9.17) is 4.84 Å². The molecular weight excluding hydrogens is 312 g/mol. The molecule has 0 bridgehead atoms. The van der Waals surface area contributed by atoms with E-state index in [1.807, 2.05) is 5.06 Å². The van der Waals surface area contributed by atoms with Crippen LogP contribution < -0.4 is 0 Å². The van der Waals surface area contributed by atoms with Gasteiger partial charge in [-0.05, 0) is 70.1 Å². The molecule has 1 aliphatic carbocycles. The molecule has 138 valence electrons. The van der Waals surface area contributed by atoms with Crippen molar-refractivity contribution in [2.45, 2.75) is 71.4 Å². The van der Waals surface area contributed by atoms with E-state index in [0.717, 1.165) is 38.8 Å². The molecule has 2 fully saturated rings. The molecule has 0 unspecified atom stereocenters. The second-order valence-electron chi connectivity index (χ2n) is 8.16. The largest absolute Gasteiger partial charge is 0.334 e. The topological polar surface area (TPSA) is 32.8 Å². The monoisotopic (exact) mass is 344 g/mol. The zero-order valence-electron chi connectivity index (χ0n) is 16.4. The smallest absolute Gasteiger partial charge is 0.227 e. The maximum Gasteiger partial charge on any atom is 0.227 e. The van der Waals surface area contributed by atoms with Crippen LogP contribution in [-0.2, 0) is 16.1 Å². The number of piperidine rings is 1. The van der Waals surface area contributed by atoms with Crippen molar-refractivity contribution in [3.63, 3.8) is 0 Å². The fraction of sp³-hybridized carbons (Fsp3) is 0.667. The second-order valence-corrected chi connectivity index (χ2v) is 8.16. The Balaban J connectivity index is 1.79. The Hall–Kier alpha value is -1.39. The Kier molecular flexibility index (Phi) is 5.21. The van der Waals surface area contributed by atoms with Crippen LogP contribution in [0.25, 0.3) is 0 Å². The van der Waals surface area contributed by atoms with Crippen LogP contribution in [0, 0.1) is 20.8 Å². The number of hydroxylamine groups is 2. The van der Waals surface area contributed by atoms with E-state index >= 15 is 0 Å². The Morgan fingerprint density at radius 2 is 1.76 bits per heavy atom. The summed E-state index contributed by atoms with van der Waals surface area (Å²) in [6.45, 7) is 10.4. The first-order valence-electron chi connectivity index (χ1n) is 9.52. The molecule has 1 heterocycles. The van der Waals surface area contributed by atoms with Gasteiger partial charge in [-0.1, -0.05) is 17.7 Å². The number of benzene rings is 1. The van der Waals surface area contributed by atoms with Gasteiger partial charge in [0.05, 0.1) is 13.5 Å². The highest BCUT2D eigenvalue weighted by Crippen LogP contribution is 2.39. The number of aryl methyl sites for hydroxylation is 3. The van der Waals surface area contributed by atoms with Gasteiger partial charge in [0.25, 0.3) is 0 Å². The maximum atomic E-state index is 13.3. The van der Waals surface area contributed by atoms with Crippen molar-refractivity contribution >= 4 is 5.91 Å². The third kappa shape index (κ3) is 3.90. The van der Waals surface area contributed by atoms with Gasteiger partial charge in [-0.3, -0.25) is 4.79 Å². The first-order chi connectivity index (χ1) is 11.8. The molecule has 1 amide bonds. The van der Waals surface area contributed by atoms with Crippen molar-refractivity contribution in [2.24, 2.45) is 0 Å². The zero-order chi connectivity index (χ0) is 18.2. The molecule has 0 aromatic heterocycles. The number of carbonyl (C=O) groups excluding carboxylic acids is 1. The lowest BCUT2D eigenvalue weighted by atomic mass is 9.87. The lowest BCUT2D eigenvalue weighted by molar-refractivity contribution is -0.168. The van der Waals surface area contributed by atoms with Crippen LogP contribution in [0.2, 0.25) is 0 Å². The SMILES string of the molecule is CON1CCC(C)(N(C(=O)Cc2c(C)cc(C)cc2C)C2CC2)CC1. The molecule has 1 aliphatic heterocycles. The first-order valence-corrected chi connectivity index (χ1v) is 9.52. The third-order valence-corrected chi connectivity index (χ3v) is 5.99. The van der Waals surface area contributed by atoms with Crippen LogP contribution in [0.4, 0.5) is 0 Å². The van der Waals surface area contributed by atoms with E-state index in [1.54, 1.807) is 7.11 Å². The summed E-state index contributed by atoms with van der Waals surface area (Å²) in [6.07, 6.45) is 4.80. The molecule has 0 radical (unpaired) electrons. The summed E-state index contributed by atoms with van der Waals surface area (Å²) in [4.78, 5) is 20.9. The Morgan fingerprint density at radius 3 is 2.24 bits per heavy atom. The van der Waals surface area contributed by atoms with E-state index in [0.29, 0.717) is 18.4 Å². The number of rotatable bonds is 5. The van der Waals surface area contributed by atoms with Gasteiger partial charge in [0.1, 0.15) is 0 Å². The van der Waals surface area contributed by atoms with Gasteiger partial charge in [-0.15, -0.1) is 0 Å². The average Bonchev–Trinajstić information content (AvgIpc) is 3.36. The van der Waals surface area contributed by atoms with Crippen LogP contribution in [0.15, 0.2) is 12.1 Å². The first kappa shape index (κ1) is 18.4. The summed E-state index contributed by atoms with van der Waals surface area (Å²) < 4.78 is 0. The third-order valence-electron chi connectivity index (χ3n) is 5.99. The van der Waals surface area contributed by atoms with Gasteiger partial charge >= 0.3 is 0 Å². The summed E-state index contributed by atoms with van der Waals surface area (Å²) in [5, 5.41) is 2.01. The van der Waals surface area contributed by atoms with Gasteiger partial charge in [0.15, 0.2) is 0 Å². The molecule has 1 saturated carbocycles. The Bertz CT molecular complexity index is 620. The highest BCUT2D eigenvalue weighted by Gasteiger charge is 2.45. The van der Waals surface area contributed by atoms with E-state index in [9.17, 15) is 4.79 Å². The summed E-state index contributed by atoms with van der Waals surface area (Å²) in [6, 6.07) is 4.82. The number of hydrogen-bond donors (Lipinski definition) is 0. The molecule has 4 heteroatoms. The van der Waals surface area contributed by atoms with Crippen molar-refractivity contribution in [2.75, 3.05) is 20.2 Å². The highest BCUT2D eigenvalue weighted by atomic mass is 16.7. The Labute approximate surface area is 152 Å². The van der Waals surface area contributed by atoms with E-state index in [-0.39, 0.29) is 5.54 Å². The predicted octanol–water partition coefficient (Wildman–Crippen LogP) is 3.56. The number of amides is 1. The Morgan fingerprint density at radius 1 is 1.20 bits per heavy atom. The van der Waals surface area contributed by atoms with E-state index < -0.39 is 0 Å². The molecule has 0 atom stereocenters. The lowest BCUT2D eigenvalue weighted by Gasteiger charge is -2.46. The van der Waals surface area contributed by atoms with Crippen molar-refractivity contribution < 1.29 is 9.63 Å². The van der Waals surface area contributed by atoms with Crippen LogP contribution in [-0.4, -0.2) is 47.7 Å². The highest BCUT2D eigenvalue weighted by molar-refractivity contribution is 5.81. The minimum Gasteiger partial charge on any atom is -0.334 e. The molecular formula is C21H32N2O2. The molecule has 1 aromatic carbocycles. The summed E-state index contributed by atoms with van der Waals surface area (Å²) in [7, 11) is 1.73. The average molecular weight is 344 g/mol. The normalized spacial score (nSPS) is 20.5. The van der Waals surface area contributed by atoms with Gasteiger partial charge in [-0.2, -0.15) is 5.06 Å². The van der Waals surface area contributed by atoms with Crippen LogP contribution >= 0.6 is 0 Å². The number of hydrogen-bond acceptors (Lipinski definition) is 3. The van der Waals surface area contributed by atoms with Gasteiger partial charge in [0, 0.05) is 24.7 Å². The molecule has 4 nitrogen and oxygen atoms in total. The molecule has 1 saturated heterocycles. The van der Waals surface area contributed by atoms with Crippen molar-refractivity contribution in [3.05, 3.63) is 34.4 Å². The van der Waals surface area contributed by atoms with Crippen LogP contribution in [0.1, 0.15) is 54.9 Å². The number of nitrogens with zero attached hydrogens (tertiary/aromatic N) is 2. The van der Waals surface area contributed by atoms with Crippen molar-refractivity contribution in [1.82, 2.24) is 9.96 Å². The van der Waals surface area contributed by atoms with Gasteiger partial charge in [-0.25, -0.2) is 0 Å². The minimum atomic E-state index is -0.0419. The molecule has 1 aromatic rings. The lowest BCUT2D eigenvalue weighted by Crippen LogP contribution is -2.56. The maximum absolute atomic E-state index is 13.3. The van der Waals surface area contributed by atoms with E-state index in [2.05, 4.69) is 44.7 Å². The fourth-order valence-corrected chi connectivity index (χ4v) is 4.39. The van der Waals surface area contributed by atoms with Gasteiger partial charge < -0.3 is 9.74 Å². The quantitative estimate of drug-likeness (QED) is 0.819. The number of carbonyl (C=O) groups is 1. The van der Waals surface area contributed by atoms with E-state index in [1.165, 1.54) is 22.3 Å². The molecule has 3 rings (SSSR count). The molecule has 0 N–H and O–H groups in total. The molecule has 2 aliphatic rings. The van der Waals surface area contributed by atoms with Crippen LogP contribution in [0.3, 0.4) is 0 Å². The summed E-state index contributed by atoms with van der Waals surface area (Å²) in [5.74, 6) is 0.297. The fourth-order valence-electron chi connectivity index (χ4n) is 4.39.